The molecule has 2 amide bonds. The number of carbonyl (C=O) groups is 4. The van der Waals surface area contributed by atoms with E-state index >= 15 is 0 Å². The van der Waals surface area contributed by atoms with E-state index in [1.165, 1.54) is 0 Å². The van der Waals surface area contributed by atoms with Crippen LogP contribution in [-0.2, 0) is 28.7 Å². The van der Waals surface area contributed by atoms with Crippen LogP contribution in [-0.4, -0.2) is 117 Å². The number of hydrogen-bond donors (Lipinski definition) is 0. The van der Waals surface area contributed by atoms with E-state index in [-0.39, 0.29) is 71.8 Å². The number of ether oxygens (including phenoxy) is 2. The van der Waals surface area contributed by atoms with E-state index in [1.807, 2.05) is 0 Å². The standard InChI is InChI=1S/C40H56N4O6/c1-3-14-43(29-19-27-21-35(45)49-39(27)23-31(29)41-16-7-5-12-33(39)41)37(47)25-10-9-11-26(18-25)38(48)44(15-4-2)30-20-28-22-36(46)50-40(28)24-32(30)42-17-8-6-13-34(40)42/h21-22,25-26,29-34H,3-20,23-24H2,1-2H3/t25-,26+,29+,30-,31-,32-,33+,34+,39-,40-/m0/s1. The van der Waals surface area contributed by atoms with Gasteiger partial charge in [0.2, 0.25) is 11.8 Å². The van der Waals surface area contributed by atoms with Crippen LogP contribution in [0.3, 0.4) is 0 Å². The van der Waals surface area contributed by atoms with Crippen molar-refractivity contribution in [3.8, 4) is 0 Å². The lowest BCUT2D eigenvalue weighted by Crippen LogP contribution is -2.56. The molecule has 0 radical (unpaired) electrons. The fourth-order valence-corrected chi connectivity index (χ4v) is 12.8. The molecule has 4 bridgehead atoms. The van der Waals surface area contributed by atoms with Crippen molar-refractivity contribution in [3.63, 3.8) is 0 Å². The van der Waals surface area contributed by atoms with Crippen molar-refractivity contribution in [3.05, 3.63) is 23.3 Å². The van der Waals surface area contributed by atoms with Crippen LogP contribution < -0.4 is 0 Å². The maximum absolute atomic E-state index is 14.8. The van der Waals surface area contributed by atoms with E-state index in [2.05, 4.69) is 33.4 Å². The van der Waals surface area contributed by atoms with Crippen molar-refractivity contribution in [1.29, 1.82) is 0 Å². The third kappa shape index (κ3) is 4.85. The molecule has 9 aliphatic rings. The van der Waals surface area contributed by atoms with Gasteiger partial charge in [-0.05, 0) is 94.9 Å². The Balaban J connectivity index is 0.952. The number of piperidine rings is 2. The first-order chi connectivity index (χ1) is 24.3. The first-order valence-corrected chi connectivity index (χ1v) is 20.3. The monoisotopic (exact) mass is 688 g/mol. The smallest absolute Gasteiger partial charge is 0.331 e. The molecule has 2 spiro atoms. The minimum Gasteiger partial charge on any atom is -0.450 e. The van der Waals surface area contributed by atoms with Crippen molar-refractivity contribution in [2.24, 2.45) is 11.8 Å². The van der Waals surface area contributed by atoms with Gasteiger partial charge in [-0.2, -0.15) is 0 Å². The summed E-state index contributed by atoms with van der Waals surface area (Å²) in [6.07, 6.45) is 18.0. The molecule has 6 heterocycles. The molecule has 3 aliphatic carbocycles. The maximum Gasteiger partial charge on any atom is 0.331 e. The van der Waals surface area contributed by atoms with Crippen LogP contribution >= 0.6 is 0 Å². The molecule has 6 aliphatic heterocycles. The highest BCUT2D eigenvalue weighted by molar-refractivity contribution is 5.89. The lowest BCUT2D eigenvalue weighted by molar-refractivity contribution is -0.150. The van der Waals surface area contributed by atoms with Gasteiger partial charge in [-0.25, -0.2) is 9.59 Å². The number of amides is 2. The second-order valence-corrected chi connectivity index (χ2v) is 17.2. The van der Waals surface area contributed by atoms with Gasteiger partial charge in [-0.1, -0.05) is 33.1 Å². The van der Waals surface area contributed by atoms with Crippen LogP contribution in [0, 0.1) is 11.8 Å². The largest absolute Gasteiger partial charge is 0.450 e. The van der Waals surface area contributed by atoms with Gasteiger partial charge in [0.1, 0.15) is 0 Å². The Kier molecular flexibility index (Phi) is 8.26. The number of rotatable bonds is 8. The number of esters is 2. The Morgan fingerprint density at radius 2 is 1.16 bits per heavy atom. The van der Waals surface area contributed by atoms with Gasteiger partial charge in [0.05, 0.1) is 24.2 Å². The van der Waals surface area contributed by atoms with Crippen LogP contribution in [0.25, 0.3) is 0 Å². The number of nitrogens with zero attached hydrogens (tertiary/aromatic N) is 4. The second-order valence-electron chi connectivity index (χ2n) is 17.2. The van der Waals surface area contributed by atoms with E-state index in [0.717, 1.165) is 108 Å². The summed E-state index contributed by atoms with van der Waals surface area (Å²) in [7, 11) is 0. The maximum atomic E-state index is 14.8. The molecular weight excluding hydrogens is 632 g/mol. The summed E-state index contributed by atoms with van der Waals surface area (Å²) in [5.41, 5.74) is 1.21. The molecular formula is C40H56N4O6. The molecule has 0 aromatic carbocycles. The average Bonchev–Trinajstić information content (AvgIpc) is 3.82. The van der Waals surface area contributed by atoms with E-state index in [0.29, 0.717) is 32.4 Å². The SMILES string of the molecule is CCCN(C(=O)[C@H]1CCC[C@@H](C(=O)N(CCC)[C@H]2CC3=CC(=O)O[C@@]34C[C@@H]2N2CCCC[C@@H]24)C1)[C@@H]1CC2=CC(=O)O[C@@]23C[C@@H]1N1CCCC[C@@H]13. The number of carbonyl (C=O) groups excluding carboxylic acids is 4. The second kappa shape index (κ2) is 12.5. The van der Waals surface area contributed by atoms with Gasteiger partial charge in [-0.3, -0.25) is 19.4 Å². The van der Waals surface area contributed by atoms with Gasteiger partial charge in [0.25, 0.3) is 0 Å². The molecule has 272 valence electrons. The van der Waals surface area contributed by atoms with Crippen molar-refractivity contribution in [2.75, 3.05) is 26.2 Å². The summed E-state index contributed by atoms with van der Waals surface area (Å²) in [4.78, 5) is 64.4. The van der Waals surface area contributed by atoms with Crippen LogP contribution in [0.5, 0.6) is 0 Å². The summed E-state index contributed by atoms with van der Waals surface area (Å²) in [5.74, 6) is -0.368. The van der Waals surface area contributed by atoms with Crippen LogP contribution in [0.2, 0.25) is 0 Å². The average molecular weight is 689 g/mol. The first-order valence-electron chi connectivity index (χ1n) is 20.3. The highest BCUT2D eigenvalue weighted by atomic mass is 16.6. The fraction of sp³-hybridized carbons (Fsp3) is 0.800. The highest BCUT2D eigenvalue weighted by Crippen LogP contribution is 2.56. The van der Waals surface area contributed by atoms with E-state index in [9.17, 15) is 19.2 Å². The van der Waals surface area contributed by atoms with E-state index in [1.54, 1.807) is 12.2 Å². The van der Waals surface area contributed by atoms with Crippen molar-refractivity contribution in [1.82, 2.24) is 19.6 Å². The Morgan fingerprint density at radius 1 is 0.700 bits per heavy atom. The summed E-state index contributed by atoms with van der Waals surface area (Å²) < 4.78 is 12.3. The number of hydrogen-bond acceptors (Lipinski definition) is 8. The molecule has 9 rings (SSSR count). The summed E-state index contributed by atoms with van der Waals surface area (Å²) in [6, 6.07) is 0.892. The molecule has 10 heteroatoms. The molecule has 50 heavy (non-hydrogen) atoms. The summed E-state index contributed by atoms with van der Waals surface area (Å²) >= 11 is 0. The molecule has 0 aromatic rings. The summed E-state index contributed by atoms with van der Waals surface area (Å²) in [6.45, 7) is 7.69. The molecule has 10 nitrogen and oxygen atoms in total. The number of fused-ring (bicyclic) bond motifs is 6. The van der Waals surface area contributed by atoms with Crippen molar-refractivity contribution in [2.45, 2.75) is 164 Å². The minimum absolute atomic E-state index is 0.0269. The lowest BCUT2D eigenvalue weighted by Gasteiger charge is -2.45. The molecule has 0 unspecified atom stereocenters. The van der Waals surface area contributed by atoms with Crippen LogP contribution in [0.4, 0.5) is 0 Å². The molecule has 3 saturated carbocycles. The van der Waals surface area contributed by atoms with Crippen LogP contribution in [0.1, 0.15) is 117 Å². The Morgan fingerprint density at radius 3 is 1.60 bits per heavy atom. The fourth-order valence-electron chi connectivity index (χ4n) is 12.8. The third-order valence-electron chi connectivity index (χ3n) is 14.7. The van der Waals surface area contributed by atoms with Gasteiger partial charge in [-0.15, -0.1) is 0 Å². The Bertz CT molecular complexity index is 1400. The molecule has 10 atom stereocenters. The predicted octanol–water partition coefficient (Wildman–Crippen LogP) is 4.51. The zero-order valence-electron chi connectivity index (χ0n) is 30.2. The summed E-state index contributed by atoms with van der Waals surface area (Å²) in [5, 5.41) is 0. The van der Waals surface area contributed by atoms with E-state index in [4.69, 9.17) is 9.47 Å². The first kappa shape index (κ1) is 33.1. The predicted molar refractivity (Wildman–Crippen MR) is 186 cm³/mol. The minimum atomic E-state index is -0.495. The van der Waals surface area contributed by atoms with Gasteiger partial charge < -0.3 is 19.3 Å². The quantitative estimate of drug-likeness (QED) is 0.344. The Hall–Kier alpha value is -2.72. The highest BCUT2D eigenvalue weighted by Gasteiger charge is 2.66. The molecule has 4 saturated heterocycles. The van der Waals surface area contributed by atoms with Crippen molar-refractivity contribution < 1.29 is 28.7 Å². The molecule has 7 fully saturated rings. The molecule has 0 N–H and O–H groups in total. The topological polar surface area (TPSA) is 99.7 Å². The Labute approximate surface area is 296 Å². The van der Waals surface area contributed by atoms with Crippen molar-refractivity contribution >= 4 is 23.8 Å². The van der Waals surface area contributed by atoms with Crippen LogP contribution in [0.15, 0.2) is 23.3 Å². The lowest BCUT2D eigenvalue weighted by atomic mass is 9.74. The van der Waals surface area contributed by atoms with Gasteiger partial charge in [0, 0.05) is 62.0 Å². The van der Waals surface area contributed by atoms with Gasteiger partial charge in [0.15, 0.2) is 11.2 Å². The van der Waals surface area contributed by atoms with E-state index < -0.39 is 11.2 Å². The normalized spacial score (nSPS) is 41.6. The molecule has 0 aromatic heterocycles. The zero-order valence-corrected chi connectivity index (χ0v) is 30.2. The zero-order chi connectivity index (χ0) is 34.4. The van der Waals surface area contributed by atoms with Gasteiger partial charge >= 0.3 is 11.9 Å². The third-order valence-corrected chi connectivity index (χ3v) is 14.7.